The number of anilines is 1. The first-order valence-electron chi connectivity index (χ1n) is 8.03. The van der Waals surface area contributed by atoms with E-state index in [1.54, 1.807) is 30.3 Å². The van der Waals surface area contributed by atoms with Crippen LogP contribution in [0.25, 0.3) is 0 Å². The molecule has 7 nitrogen and oxygen atoms in total. The molecule has 0 heterocycles. The molecule has 0 aliphatic rings. The average Bonchev–Trinajstić information content (AvgIpc) is 2.64. The quantitative estimate of drug-likeness (QED) is 0.709. The molecule has 0 spiro atoms. The second-order valence-corrected chi connectivity index (χ2v) is 6.04. The third kappa shape index (κ3) is 6.31. The maximum atomic E-state index is 12.0. The van der Waals surface area contributed by atoms with Crippen molar-refractivity contribution >= 4 is 35.1 Å². The molecule has 8 heteroatoms. The molecule has 0 atom stereocenters. The summed E-state index contributed by atoms with van der Waals surface area (Å²) >= 11 is 5.88. The molecule has 0 unspecified atom stereocenters. The van der Waals surface area contributed by atoms with E-state index in [0.717, 1.165) is 5.56 Å². The van der Waals surface area contributed by atoms with Crippen molar-refractivity contribution in [1.29, 1.82) is 0 Å². The highest BCUT2D eigenvalue weighted by atomic mass is 35.5. The molecular weight excluding hydrogens is 372 g/mol. The zero-order chi connectivity index (χ0) is 19.8. The molecule has 27 heavy (non-hydrogen) atoms. The van der Waals surface area contributed by atoms with Gasteiger partial charge < -0.3 is 20.1 Å². The Morgan fingerprint density at radius 3 is 2.59 bits per heavy atom. The Morgan fingerprint density at radius 1 is 1.11 bits per heavy atom. The molecular formula is C19H19ClN2O5. The van der Waals surface area contributed by atoms with Gasteiger partial charge in [0.05, 0.1) is 12.8 Å². The number of ether oxygens (including phenoxy) is 2. The predicted octanol–water partition coefficient (Wildman–Crippen LogP) is 2.57. The number of nitrogens with one attached hydrogen (secondary N) is 2. The Morgan fingerprint density at radius 2 is 1.89 bits per heavy atom. The number of halogens is 1. The van der Waals surface area contributed by atoms with Crippen molar-refractivity contribution in [2.24, 2.45) is 0 Å². The summed E-state index contributed by atoms with van der Waals surface area (Å²) in [5, 5.41) is 5.40. The van der Waals surface area contributed by atoms with Crippen LogP contribution in [0.5, 0.6) is 5.75 Å². The largest absolute Gasteiger partial charge is 0.495 e. The number of aryl methyl sites for hydroxylation is 1. The van der Waals surface area contributed by atoms with Gasteiger partial charge in [-0.2, -0.15) is 0 Å². The summed E-state index contributed by atoms with van der Waals surface area (Å²) < 4.78 is 9.96. The van der Waals surface area contributed by atoms with Crippen LogP contribution in [0.15, 0.2) is 42.5 Å². The van der Waals surface area contributed by atoms with Crippen molar-refractivity contribution in [2.75, 3.05) is 25.6 Å². The summed E-state index contributed by atoms with van der Waals surface area (Å²) in [7, 11) is 1.45. The van der Waals surface area contributed by atoms with Gasteiger partial charge in [0.15, 0.2) is 6.61 Å². The average molecular weight is 391 g/mol. The number of methoxy groups -OCH3 is 1. The van der Waals surface area contributed by atoms with E-state index in [2.05, 4.69) is 10.6 Å². The summed E-state index contributed by atoms with van der Waals surface area (Å²) in [6.45, 7) is 1.01. The zero-order valence-electron chi connectivity index (χ0n) is 14.9. The summed E-state index contributed by atoms with van der Waals surface area (Å²) in [4.78, 5) is 35.6. The first-order chi connectivity index (χ1) is 12.9. The predicted molar refractivity (Wildman–Crippen MR) is 101 cm³/mol. The minimum atomic E-state index is -0.732. The molecule has 0 saturated carbocycles. The smallest absolute Gasteiger partial charge is 0.325 e. The molecule has 0 saturated heterocycles. The van der Waals surface area contributed by atoms with Crippen molar-refractivity contribution in [3.8, 4) is 5.75 Å². The second kappa shape index (κ2) is 9.59. The van der Waals surface area contributed by atoms with Crippen molar-refractivity contribution in [2.45, 2.75) is 6.92 Å². The molecule has 142 valence electrons. The van der Waals surface area contributed by atoms with Gasteiger partial charge in [0.1, 0.15) is 12.3 Å². The SMILES string of the molecule is COc1ccc(Cl)cc1NC(=O)COC(=O)CNC(=O)c1cccc(C)c1. The summed E-state index contributed by atoms with van der Waals surface area (Å²) in [5.41, 5.74) is 1.73. The Kier molecular flexibility index (Phi) is 7.19. The fraction of sp³-hybridized carbons (Fsp3) is 0.211. The first kappa shape index (κ1) is 20.3. The van der Waals surface area contributed by atoms with E-state index in [1.807, 2.05) is 13.0 Å². The van der Waals surface area contributed by atoms with Gasteiger partial charge in [-0.25, -0.2) is 0 Å². The van der Waals surface area contributed by atoms with Crippen molar-refractivity contribution in [3.63, 3.8) is 0 Å². The maximum absolute atomic E-state index is 12.0. The minimum Gasteiger partial charge on any atom is -0.495 e. The Balaban J connectivity index is 1.79. The van der Waals surface area contributed by atoms with Gasteiger partial charge in [0.25, 0.3) is 11.8 Å². The van der Waals surface area contributed by atoms with Gasteiger partial charge in [-0.3, -0.25) is 14.4 Å². The Hall–Kier alpha value is -3.06. The fourth-order valence-corrected chi connectivity index (χ4v) is 2.37. The van der Waals surface area contributed by atoms with Gasteiger partial charge in [-0.05, 0) is 37.3 Å². The highest BCUT2D eigenvalue weighted by Gasteiger charge is 2.13. The number of benzene rings is 2. The molecule has 0 aliphatic carbocycles. The van der Waals surface area contributed by atoms with Crippen LogP contribution in [0.2, 0.25) is 5.02 Å². The number of esters is 1. The summed E-state index contributed by atoms with van der Waals surface area (Å²) in [5.74, 6) is -1.27. The van der Waals surface area contributed by atoms with Gasteiger partial charge in [-0.1, -0.05) is 29.3 Å². The molecule has 2 aromatic rings. The molecule has 2 amide bonds. The Bertz CT molecular complexity index is 854. The van der Waals surface area contributed by atoms with E-state index >= 15 is 0 Å². The molecule has 2 rings (SSSR count). The lowest BCUT2D eigenvalue weighted by Crippen LogP contribution is -2.32. The molecule has 0 fully saturated rings. The standard InChI is InChI=1S/C19H19ClN2O5/c1-12-4-3-5-13(8-12)19(25)21-10-18(24)27-11-17(23)22-15-9-14(20)6-7-16(15)26-2/h3-9H,10-11H2,1-2H3,(H,21,25)(H,22,23). The first-order valence-corrected chi connectivity index (χ1v) is 8.40. The van der Waals surface area contributed by atoms with Crippen molar-refractivity contribution < 1.29 is 23.9 Å². The summed E-state index contributed by atoms with van der Waals surface area (Å²) in [6.07, 6.45) is 0. The third-order valence-corrected chi connectivity index (χ3v) is 3.71. The minimum absolute atomic E-state index is 0.347. The van der Waals surface area contributed by atoms with Crippen LogP contribution in [-0.4, -0.2) is 38.0 Å². The lowest BCUT2D eigenvalue weighted by atomic mass is 10.1. The second-order valence-electron chi connectivity index (χ2n) is 5.61. The van der Waals surface area contributed by atoms with E-state index in [4.69, 9.17) is 21.1 Å². The van der Waals surface area contributed by atoms with Crippen LogP contribution in [-0.2, 0) is 14.3 Å². The molecule has 2 N–H and O–H groups in total. The van der Waals surface area contributed by atoms with E-state index in [1.165, 1.54) is 13.2 Å². The van der Waals surface area contributed by atoms with Gasteiger partial charge in [-0.15, -0.1) is 0 Å². The molecule has 0 radical (unpaired) electrons. The van der Waals surface area contributed by atoms with Crippen LogP contribution in [0, 0.1) is 6.92 Å². The van der Waals surface area contributed by atoms with Crippen LogP contribution in [0.4, 0.5) is 5.69 Å². The molecule has 0 aromatic heterocycles. The topological polar surface area (TPSA) is 93.7 Å². The number of hydrogen-bond acceptors (Lipinski definition) is 5. The van der Waals surface area contributed by atoms with Crippen LogP contribution in [0.1, 0.15) is 15.9 Å². The van der Waals surface area contributed by atoms with Crippen LogP contribution < -0.4 is 15.4 Å². The highest BCUT2D eigenvalue weighted by Crippen LogP contribution is 2.27. The normalized spacial score (nSPS) is 10.0. The zero-order valence-corrected chi connectivity index (χ0v) is 15.6. The lowest BCUT2D eigenvalue weighted by molar-refractivity contribution is -0.146. The van der Waals surface area contributed by atoms with E-state index in [0.29, 0.717) is 22.0 Å². The number of carbonyl (C=O) groups excluding carboxylic acids is 3. The summed E-state index contributed by atoms with van der Waals surface area (Å²) in [6, 6.07) is 11.7. The molecule has 0 bridgehead atoms. The highest BCUT2D eigenvalue weighted by molar-refractivity contribution is 6.31. The van der Waals surface area contributed by atoms with E-state index in [-0.39, 0.29) is 6.54 Å². The monoisotopic (exact) mass is 390 g/mol. The van der Waals surface area contributed by atoms with Gasteiger partial charge >= 0.3 is 5.97 Å². The van der Waals surface area contributed by atoms with Crippen molar-refractivity contribution in [3.05, 3.63) is 58.6 Å². The fourth-order valence-electron chi connectivity index (χ4n) is 2.20. The number of hydrogen-bond donors (Lipinski definition) is 2. The third-order valence-electron chi connectivity index (χ3n) is 3.47. The number of carbonyl (C=O) groups is 3. The van der Waals surface area contributed by atoms with Crippen LogP contribution in [0.3, 0.4) is 0 Å². The van der Waals surface area contributed by atoms with E-state index < -0.39 is 24.4 Å². The molecule has 0 aliphatic heterocycles. The van der Waals surface area contributed by atoms with E-state index in [9.17, 15) is 14.4 Å². The number of rotatable bonds is 7. The Labute approximate surface area is 161 Å². The maximum Gasteiger partial charge on any atom is 0.325 e. The van der Waals surface area contributed by atoms with Crippen LogP contribution >= 0.6 is 11.6 Å². The van der Waals surface area contributed by atoms with Crippen molar-refractivity contribution in [1.82, 2.24) is 5.32 Å². The molecule has 2 aromatic carbocycles. The number of amides is 2. The lowest BCUT2D eigenvalue weighted by Gasteiger charge is -2.11. The van der Waals surface area contributed by atoms with Gasteiger partial charge in [0, 0.05) is 10.6 Å². The van der Waals surface area contributed by atoms with Gasteiger partial charge in [0.2, 0.25) is 0 Å².